The van der Waals surface area contributed by atoms with Crippen molar-refractivity contribution in [2.45, 2.75) is 18.0 Å². The number of benzene rings is 1. The lowest BCUT2D eigenvalue weighted by molar-refractivity contribution is -0.139. The maximum Gasteiger partial charge on any atom is 0.417 e. The van der Waals surface area contributed by atoms with E-state index >= 15 is 0 Å². The van der Waals surface area contributed by atoms with E-state index in [0.717, 1.165) is 22.5 Å². The molecular weight excluding hydrogens is 293 g/mol. The van der Waals surface area contributed by atoms with Gasteiger partial charge in [-0.2, -0.15) is 13.2 Å². The van der Waals surface area contributed by atoms with Gasteiger partial charge in [0.15, 0.2) is 0 Å². The minimum Gasteiger partial charge on any atom is -0.330 e. The van der Waals surface area contributed by atoms with Crippen LogP contribution in [0.15, 0.2) is 29.2 Å². The van der Waals surface area contributed by atoms with Gasteiger partial charge in [-0.05, 0) is 24.6 Å². The topological polar surface area (TPSA) is 63.4 Å². The monoisotopic (exact) mass is 310 g/mol. The third kappa shape index (κ3) is 3.71. The van der Waals surface area contributed by atoms with Crippen LogP contribution in [-0.4, -0.2) is 32.9 Å². The standard InChI is InChI=1S/C12H17F3N2O2S/c1-9(7-16)8-17(2)20(18,19)11-6-4-3-5-10(11)12(13,14)15/h3-6,9H,7-8,16H2,1-2H3. The van der Waals surface area contributed by atoms with Gasteiger partial charge in [0.1, 0.15) is 0 Å². The number of halogens is 3. The summed E-state index contributed by atoms with van der Waals surface area (Å²) >= 11 is 0. The fraction of sp³-hybridized carbons (Fsp3) is 0.500. The van der Waals surface area contributed by atoms with E-state index < -0.39 is 26.7 Å². The zero-order valence-electron chi connectivity index (χ0n) is 11.2. The van der Waals surface area contributed by atoms with Crippen LogP contribution < -0.4 is 5.73 Å². The highest BCUT2D eigenvalue weighted by Gasteiger charge is 2.38. The van der Waals surface area contributed by atoms with Gasteiger partial charge in [0, 0.05) is 13.6 Å². The number of nitrogens with two attached hydrogens (primary N) is 1. The summed E-state index contributed by atoms with van der Waals surface area (Å²) in [6.07, 6.45) is -4.72. The number of sulfonamides is 1. The molecule has 0 amide bonds. The van der Waals surface area contributed by atoms with E-state index in [1.807, 2.05) is 0 Å². The molecule has 2 N–H and O–H groups in total. The van der Waals surface area contributed by atoms with Gasteiger partial charge in [-0.15, -0.1) is 0 Å². The van der Waals surface area contributed by atoms with Crippen molar-refractivity contribution in [2.24, 2.45) is 11.7 Å². The van der Waals surface area contributed by atoms with Crippen LogP contribution in [0, 0.1) is 5.92 Å². The van der Waals surface area contributed by atoms with Crippen LogP contribution in [0.3, 0.4) is 0 Å². The van der Waals surface area contributed by atoms with Crippen LogP contribution in [0.4, 0.5) is 13.2 Å². The Morgan fingerprint density at radius 3 is 2.35 bits per heavy atom. The molecule has 0 saturated carbocycles. The first-order chi connectivity index (χ1) is 9.10. The van der Waals surface area contributed by atoms with E-state index in [2.05, 4.69) is 0 Å². The number of hydrogen-bond donors (Lipinski definition) is 1. The zero-order valence-corrected chi connectivity index (χ0v) is 12.0. The molecule has 0 aliphatic carbocycles. The molecule has 4 nitrogen and oxygen atoms in total. The van der Waals surface area contributed by atoms with Crippen molar-refractivity contribution in [1.29, 1.82) is 0 Å². The molecular formula is C12H17F3N2O2S. The minimum atomic E-state index is -4.72. The summed E-state index contributed by atoms with van der Waals surface area (Å²) in [5, 5.41) is 0. The number of alkyl halides is 3. The van der Waals surface area contributed by atoms with Crippen molar-refractivity contribution in [3.05, 3.63) is 29.8 Å². The first kappa shape index (κ1) is 16.9. The molecule has 1 rings (SSSR count). The molecule has 0 aliphatic heterocycles. The maximum atomic E-state index is 12.9. The minimum absolute atomic E-state index is 0.0605. The van der Waals surface area contributed by atoms with Crippen molar-refractivity contribution < 1.29 is 21.6 Å². The lowest BCUT2D eigenvalue weighted by Gasteiger charge is -2.22. The van der Waals surface area contributed by atoms with Gasteiger partial charge in [0.05, 0.1) is 10.5 Å². The summed E-state index contributed by atoms with van der Waals surface area (Å²) in [5.74, 6) is -0.146. The smallest absolute Gasteiger partial charge is 0.330 e. The maximum absolute atomic E-state index is 12.9. The predicted molar refractivity (Wildman–Crippen MR) is 69.5 cm³/mol. The Morgan fingerprint density at radius 2 is 1.85 bits per heavy atom. The van der Waals surface area contributed by atoms with Crippen LogP contribution in [0.5, 0.6) is 0 Å². The van der Waals surface area contributed by atoms with Gasteiger partial charge < -0.3 is 5.73 Å². The molecule has 1 atom stereocenters. The first-order valence-corrected chi connectivity index (χ1v) is 7.37. The molecule has 0 aromatic heterocycles. The Morgan fingerprint density at radius 1 is 1.30 bits per heavy atom. The second-order valence-corrected chi connectivity index (χ2v) is 6.63. The molecule has 20 heavy (non-hydrogen) atoms. The molecule has 0 aliphatic rings. The lowest BCUT2D eigenvalue weighted by Crippen LogP contribution is -2.34. The normalized spacial score (nSPS) is 14.6. The van der Waals surface area contributed by atoms with Gasteiger partial charge in [-0.3, -0.25) is 0 Å². The van der Waals surface area contributed by atoms with Crippen LogP contribution in [0.1, 0.15) is 12.5 Å². The molecule has 114 valence electrons. The highest BCUT2D eigenvalue weighted by atomic mass is 32.2. The van der Waals surface area contributed by atoms with Crippen LogP contribution in [-0.2, 0) is 16.2 Å². The highest BCUT2D eigenvalue weighted by molar-refractivity contribution is 7.89. The van der Waals surface area contributed by atoms with E-state index in [4.69, 9.17) is 5.73 Å². The van der Waals surface area contributed by atoms with Gasteiger partial charge in [-0.1, -0.05) is 19.1 Å². The van der Waals surface area contributed by atoms with Gasteiger partial charge >= 0.3 is 6.18 Å². The summed E-state index contributed by atoms with van der Waals surface area (Å²) in [6, 6.07) is 4.14. The number of rotatable bonds is 5. The summed E-state index contributed by atoms with van der Waals surface area (Å²) in [4.78, 5) is -0.737. The average Bonchev–Trinajstić information content (AvgIpc) is 2.37. The first-order valence-electron chi connectivity index (χ1n) is 5.93. The summed E-state index contributed by atoms with van der Waals surface area (Å²) < 4.78 is 64.0. The fourth-order valence-corrected chi connectivity index (χ4v) is 3.20. The van der Waals surface area contributed by atoms with E-state index in [9.17, 15) is 21.6 Å². The van der Waals surface area contributed by atoms with E-state index in [-0.39, 0.29) is 19.0 Å². The van der Waals surface area contributed by atoms with E-state index in [1.165, 1.54) is 13.1 Å². The lowest BCUT2D eigenvalue weighted by atomic mass is 10.2. The summed E-state index contributed by atoms with van der Waals surface area (Å²) in [7, 11) is -2.96. The zero-order chi connectivity index (χ0) is 15.6. The van der Waals surface area contributed by atoms with Crippen molar-refractivity contribution in [1.82, 2.24) is 4.31 Å². The van der Waals surface area contributed by atoms with Crippen LogP contribution in [0.2, 0.25) is 0 Å². The van der Waals surface area contributed by atoms with Crippen LogP contribution >= 0.6 is 0 Å². The Kier molecular flexibility index (Phi) is 5.17. The molecule has 0 bridgehead atoms. The second-order valence-electron chi connectivity index (χ2n) is 4.62. The van der Waals surface area contributed by atoms with Crippen molar-refractivity contribution in [3.8, 4) is 0 Å². The molecule has 0 fully saturated rings. The van der Waals surface area contributed by atoms with Crippen molar-refractivity contribution in [2.75, 3.05) is 20.1 Å². The average molecular weight is 310 g/mol. The molecule has 8 heteroatoms. The van der Waals surface area contributed by atoms with Gasteiger partial charge in [-0.25, -0.2) is 12.7 Å². The SMILES string of the molecule is CC(CN)CN(C)S(=O)(=O)c1ccccc1C(F)(F)F. The van der Waals surface area contributed by atoms with Crippen LogP contribution in [0.25, 0.3) is 0 Å². The van der Waals surface area contributed by atoms with E-state index in [1.54, 1.807) is 6.92 Å². The molecule has 1 unspecified atom stereocenters. The summed E-state index contributed by atoms with van der Waals surface area (Å²) in [6.45, 7) is 2.04. The largest absolute Gasteiger partial charge is 0.417 e. The molecule has 1 aromatic carbocycles. The molecule has 0 saturated heterocycles. The highest BCUT2D eigenvalue weighted by Crippen LogP contribution is 2.34. The molecule has 0 heterocycles. The quantitative estimate of drug-likeness (QED) is 0.904. The number of hydrogen-bond acceptors (Lipinski definition) is 3. The Balaban J connectivity index is 3.23. The molecule has 0 spiro atoms. The van der Waals surface area contributed by atoms with Crippen molar-refractivity contribution in [3.63, 3.8) is 0 Å². The fourth-order valence-electron chi connectivity index (χ4n) is 1.71. The van der Waals surface area contributed by atoms with Gasteiger partial charge in [0.25, 0.3) is 0 Å². The van der Waals surface area contributed by atoms with Gasteiger partial charge in [0.2, 0.25) is 10.0 Å². The Labute approximate surface area is 116 Å². The predicted octanol–water partition coefficient (Wildman–Crippen LogP) is 1.92. The third-order valence-corrected chi connectivity index (χ3v) is 4.73. The second kappa shape index (κ2) is 6.11. The third-order valence-electron chi connectivity index (χ3n) is 2.85. The molecule has 1 aromatic rings. The Bertz CT molecular complexity index is 558. The van der Waals surface area contributed by atoms with Crippen molar-refractivity contribution >= 4 is 10.0 Å². The molecule has 0 radical (unpaired) electrons. The Hall–Kier alpha value is -1.12. The number of nitrogens with zero attached hydrogens (tertiary/aromatic N) is 1. The van der Waals surface area contributed by atoms with E-state index in [0.29, 0.717) is 0 Å². The summed E-state index contributed by atoms with van der Waals surface area (Å²) in [5.41, 5.74) is 4.24.